The summed E-state index contributed by atoms with van der Waals surface area (Å²) in [5.41, 5.74) is 0.122. The quantitative estimate of drug-likeness (QED) is 0.610. The number of rotatable bonds is 3. The summed E-state index contributed by atoms with van der Waals surface area (Å²) < 4.78 is 66.4. The van der Waals surface area contributed by atoms with Crippen molar-refractivity contribution in [1.82, 2.24) is 15.1 Å². The molecule has 0 aliphatic carbocycles. The van der Waals surface area contributed by atoms with Crippen molar-refractivity contribution in [1.29, 1.82) is 0 Å². The van der Waals surface area contributed by atoms with Gasteiger partial charge in [-0.2, -0.15) is 13.2 Å². The van der Waals surface area contributed by atoms with Gasteiger partial charge in [0.05, 0.1) is 11.3 Å². The highest BCUT2D eigenvalue weighted by molar-refractivity contribution is 5.71. The van der Waals surface area contributed by atoms with Crippen LogP contribution in [0.1, 0.15) is 47.9 Å². The van der Waals surface area contributed by atoms with Gasteiger partial charge in [-0.25, -0.2) is 8.78 Å². The van der Waals surface area contributed by atoms with E-state index in [4.69, 9.17) is 0 Å². The molecule has 0 radical (unpaired) electrons. The van der Waals surface area contributed by atoms with Crippen LogP contribution in [-0.4, -0.2) is 47.8 Å². The zero-order valence-electron chi connectivity index (χ0n) is 17.5. The first-order valence-electron chi connectivity index (χ1n) is 10.5. The van der Waals surface area contributed by atoms with Gasteiger partial charge >= 0.3 is 6.18 Å². The SMILES string of the molecule is Cc1c(-c2ccc(C(F)(F)F)cc2C(F)F)nnc2c1CCCN2[C@H]1CCCN(C)C1. The predicted molar refractivity (Wildman–Crippen MR) is 108 cm³/mol. The number of alkyl halides is 5. The Kier molecular flexibility index (Phi) is 5.89. The Hall–Kier alpha value is -2.29. The smallest absolute Gasteiger partial charge is 0.351 e. The number of aromatic nitrogens is 2. The normalized spacial score (nSPS) is 20.3. The minimum Gasteiger partial charge on any atom is -0.351 e. The largest absolute Gasteiger partial charge is 0.416 e. The van der Waals surface area contributed by atoms with Crippen LogP contribution in [0, 0.1) is 6.92 Å². The molecule has 1 aromatic heterocycles. The van der Waals surface area contributed by atoms with Gasteiger partial charge < -0.3 is 9.80 Å². The molecule has 2 aliphatic heterocycles. The Balaban J connectivity index is 1.75. The number of nitrogens with zero attached hydrogens (tertiary/aromatic N) is 4. The molecular formula is C22H25F5N4. The van der Waals surface area contributed by atoms with Crippen LogP contribution in [-0.2, 0) is 12.6 Å². The predicted octanol–water partition coefficient (Wildman–Crippen LogP) is 5.26. The van der Waals surface area contributed by atoms with E-state index in [0.717, 1.165) is 68.8 Å². The highest BCUT2D eigenvalue weighted by atomic mass is 19.4. The fourth-order valence-corrected chi connectivity index (χ4v) is 4.75. The molecule has 0 saturated carbocycles. The van der Waals surface area contributed by atoms with Gasteiger partial charge in [-0.15, -0.1) is 10.2 Å². The summed E-state index contributed by atoms with van der Waals surface area (Å²) in [6, 6.07) is 2.75. The van der Waals surface area contributed by atoms with E-state index >= 15 is 0 Å². The van der Waals surface area contributed by atoms with Crippen molar-refractivity contribution in [2.24, 2.45) is 0 Å². The molecular weight excluding hydrogens is 415 g/mol. The van der Waals surface area contributed by atoms with Crippen molar-refractivity contribution >= 4 is 5.82 Å². The summed E-state index contributed by atoms with van der Waals surface area (Å²) in [6.07, 6.45) is -3.93. The van der Waals surface area contributed by atoms with E-state index in [2.05, 4.69) is 27.0 Å². The molecule has 168 valence electrons. The van der Waals surface area contributed by atoms with Gasteiger partial charge in [0.15, 0.2) is 5.82 Å². The Labute approximate surface area is 178 Å². The minimum absolute atomic E-state index is 0.00493. The van der Waals surface area contributed by atoms with Crippen LogP contribution >= 0.6 is 0 Å². The molecule has 1 atom stereocenters. The second kappa shape index (κ2) is 8.33. The van der Waals surface area contributed by atoms with Crippen molar-refractivity contribution in [3.05, 3.63) is 40.5 Å². The summed E-state index contributed by atoms with van der Waals surface area (Å²) in [7, 11) is 2.09. The highest BCUT2D eigenvalue weighted by Gasteiger charge is 2.34. The Morgan fingerprint density at radius 2 is 1.87 bits per heavy atom. The minimum atomic E-state index is -4.69. The van der Waals surface area contributed by atoms with E-state index in [1.807, 2.05) is 0 Å². The number of halogens is 5. The molecule has 0 bridgehead atoms. The monoisotopic (exact) mass is 440 g/mol. The Morgan fingerprint density at radius 1 is 1.10 bits per heavy atom. The summed E-state index contributed by atoms with van der Waals surface area (Å²) in [5, 5.41) is 8.64. The molecule has 0 amide bonds. The van der Waals surface area contributed by atoms with Crippen LogP contribution in [0.15, 0.2) is 18.2 Å². The fourth-order valence-electron chi connectivity index (χ4n) is 4.75. The molecule has 2 aromatic rings. The van der Waals surface area contributed by atoms with Crippen LogP contribution in [0.4, 0.5) is 27.8 Å². The molecule has 0 spiro atoms. The van der Waals surface area contributed by atoms with E-state index in [-0.39, 0.29) is 11.3 Å². The molecule has 1 aromatic carbocycles. The maximum atomic E-state index is 13.7. The van der Waals surface area contributed by atoms with Gasteiger partial charge in [0, 0.05) is 35.8 Å². The van der Waals surface area contributed by atoms with Crippen molar-refractivity contribution in [2.45, 2.75) is 51.3 Å². The van der Waals surface area contributed by atoms with Gasteiger partial charge in [0.25, 0.3) is 6.43 Å². The molecule has 1 fully saturated rings. The zero-order chi connectivity index (χ0) is 22.3. The average Bonchev–Trinajstić information content (AvgIpc) is 2.73. The number of anilines is 1. The number of likely N-dealkylation sites (N-methyl/N-ethyl adjacent to an activating group) is 1. The third-order valence-electron chi connectivity index (χ3n) is 6.33. The molecule has 0 unspecified atom stereocenters. The molecule has 31 heavy (non-hydrogen) atoms. The van der Waals surface area contributed by atoms with Gasteiger partial charge in [0.1, 0.15) is 0 Å². The van der Waals surface area contributed by atoms with E-state index in [9.17, 15) is 22.0 Å². The maximum absolute atomic E-state index is 13.7. The van der Waals surface area contributed by atoms with E-state index in [0.29, 0.717) is 17.7 Å². The summed E-state index contributed by atoms with van der Waals surface area (Å²) in [6.45, 7) is 4.65. The number of likely N-dealkylation sites (tertiary alicyclic amines) is 1. The number of hydrogen-bond acceptors (Lipinski definition) is 4. The van der Waals surface area contributed by atoms with Crippen LogP contribution in [0.5, 0.6) is 0 Å². The van der Waals surface area contributed by atoms with E-state index in [1.165, 1.54) is 0 Å². The molecule has 4 nitrogen and oxygen atoms in total. The van der Waals surface area contributed by atoms with Gasteiger partial charge in [-0.3, -0.25) is 0 Å². The number of fused-ring (bicyclic) bond motifs is 1. The third kappa shape index (κ3) is 4.24. The third-order valence-corrected chi connectivity index (χ3v) is 6.33. The molecule has 4 rings (SSSR count). The zero-order valence-corrected chi connectivity index (χ0v) is 17.5. The van der Waals surface area contributed by atoms with Crippen LogP contribution in [0.2, 0.25) is 0 Å². The van der Waals surface area contributed by atoms with Crippen molar-refractivity contribution in [3.8, 4) is 11.3 Å². The van der Waals surface area contributed by atoms with Gasteiger partial charge in [-0.05, 0) is 63.9 Å². The maximum Gasteiger partial charge on any atom is 0.416 e. The molecule has 1 saturated heterocycles. The lowest BCUT2D eigenvalue weighted by atomic mass is 9.92. The van der Waals surface area contributed by atoms with Crippen LogP contribution in [0.3, 0.4) is 0 Å². The average molecular weight is 440 g/mol. The Bertz CT molecular complexity index is 960. The highest BCUT2D eigenvalue weighted by Crippen LogP contribution is 2.40. The fraction of sp³-hybridized carbons (Fsp3) is 0.545. The second-order valence-corrected chi connectivity index (χ2v) is 8.43. The summed E-state index contributed by atoms with van der Waals surface area (Å²) in [5.74, 6) is 0.776. The van der Waals surface area contributed by atoms with Crippen molar-refractivity contribution in [2.75, 3.05) is 31.6 Å². The number of benzene rings is 1. The lowest BCUT2D eigenvalue weighted by molar-refractivity contribution is -0.137. The second-order valence-electron chi connectivity index (χ2n) is 8.43. The van der Waals surface area contributed by atoms with Crippen molar-refractivity contribution < 1.29 is 22.0 Å². The molecule has 2 aliphatic rings. The van der Waals surface area contributed by atoms with Crippen molar-refractivity contribution in [3.63, 3.8) is 0 Å². The lowest BCUT2D eigenvalue weighted by Crippen LogP contribution is -2.49. The van der Waals surface area contributed by atoms with Gasteiger partial charge in [0.2, 0.25) is 0 Å². The molecule has 9 heteroatoms. The molecule has 3 heterocycles. The standard InChI is InChI=1S/C22H25F5N4/c1-13-16-6-4-10-31(15-5-3-9-30(2)12-15)21(16)29-28-19(13)17-8-7-14(22(25,26)27)11-18(17)20(23)24/h7-8,11,15,20H,3-6,9-10,12H2,1-2H3/t15-/m0/s1. The number of piperidine rings is 1. The van der Waals surface area contributed by atoms with Crippen LogP contribution < -0.4 is 4.90 Å². The first-order valence-corrected chi connectivity index (χ1v) is 10.5. The summed E-state index contributed by atoms with van der Waals surface area (Å²) >= 11 is 0. The first-order chi connectivity index (χ1) is 14.7. The van der Waals surface area contributed by atoms with Gasteiger partial charge in [-0.1, -0.05) is 6.07 Å². The molecule has 0 N–H and O–H groups in total. The lowest BCUT2D eigenvalue weighted by Gasteiger charge is -2.41. The van der Waals surface area contributed by atoms with Crippen LogP contribution in [0.25, 0.3) is 11.3 Å². The summed E-state index contributed by atoms with van der Waals surface area (Å²) in [4.78, 5) is 4.55. The van der Waals surface area contributed by atoms with E-state index < -0.39 is 23.7 Å². The topological polar surface area (TPSA) is 32.3 Å². The Morgan fingerprint density at radius 3 is 2.55 bits per heavy atom. The van der Waals surface area contributed by atoms with E-state index in [1.54, 1.807) is 6.92 Å². The first kappa shape index (κ1) is 21.9. The number of hydrogen-bond donors (Lipinski definition) is 0.